The Morgan fingerprint density at radius 3 is 2.52 bits per heavy atom. The summed E-state index contributed by atoms with van der Waals surface area (Å²) in [5.41, 5.74) is -0.193. The molecule has 7 nitrogen and oxygen atoms in total. The summed E-state index contributed by atoms with van der Waals surface area (Å²) in [7, 11) is 1.47. The Hall–Kier alpha value is -2.35. The minimum atomic E-state index is -0.598. The van der Waals surface area contributed by atoms with Crippen molar-refractivity contribution in [1.29, 1.82) is 0 Å². The van der Waals surface area contributed by atoms with E-state index in [1.54, 1.807) is 6.07 Å². The second-order valence-electron chi connectivity index (χ2n) is 9.06. The van der Waals surface area contributed by atoms with Crippen molar-refractivity contribution >= 4 is 6.01 Å². The van der Waals surface area contributed by atoms with Crippen molar-refractivity contribution in [2.45, 2.75) is 51.2 Å². The zero-order valence-corrected chi connectivity index (χ0v) is 17.3. The van der Waals surface area contributed by atoms with Crippen LogP contribution in [0.25, 0.3) is 0 Å². The molecule has 0 amide bonds. The molecule has 1 N–H and O–H groups in total. The highest BCUT2D eigenvalue weighted by atomic mass is 19.1. The van der Waals surface area contributed by atoms with Gasteiger partial charge in [-0.2, -0.15) is 0 Å². The Kier molecular flexibility index (Phi) is 5.14. The fourth-order valence-electron chi connectivity index (χ4n) is 4.22. The lowest BCUT2D eigenvalue weighted by Gasteiger charge is -2.35. The van der Waals surface area contributed by atoms with Crippen LogP contribution < -0.4 is 14.4 Å². The zero-order chi connectivity index (χ0) is 20.8. The first-order valence-corrected chi connectivity index (χ1v) is 10.0. The van der Waals surface area contributed by atoms with Crippen molar-refractivity contribution in [2.75, 3.05) is 25.1 Å². The maximum atomic E-state index is 13.4. The SMILES string of the molecule is COc1cc(F)ccc1O[C@@H]1C[C@@H]2CN(c3nnc(C(C)(C)C)o3)C[C@@H]2C[C@H]1O. The van der Waals surface area contributed by atoms with Crippen molar-refractivity contribution < 1.29 is 23.4 Å². The van der Waals surface area contributed by atoms with Gasteiger partial charge in [0.15, 0.2) is 11.5 Å². The molecule has 0 radical (unpaired) electrons. The molecule has 2 heterocycles. The summed E-state index contributed by atoms with van der Waals surface area (Å²) >= 11 is 0. The lowest BCUT2D eigenvalue weighted by Crippen LogP contribution is -2.42. The van der Waals surface area contributed by atoms with Gasteiger partial charge >= 0.3 is 6.01 Å². The molecule has 2 aliphatic rings. The summed E-state index contributed by atoms with van der Waals surface area (Å²) in [6.07, 6.45) is 0.362. The number of aliphatic hydroxyl groups is 1. The van der Waals surface area contributed by atoms with Crippen LogP contribution in [0.5, 0.6) is 11.5 Å². The number of nitrogens with zero attached hydrogens (tertiary/aromatic N) is 3. The van der Waals surface area contributed by atoms with Crippen LogP contribution in [0.2, 0.25) is 0 Å². The maximum absolute atomic E-state index is 13.4. The molecule has 1 saturated heterocycles. The highest BCUT2D eigenvalue weighted by Crippen LogP contribution is 2.41. The third kappa shape index (κ3) is 4.03. The van der Waals surface area contributed by atoms with Gasteiger partial charge in [0.25, 0.3) is 0 Å². The van der Waals surface area contributed by atoms with Crippen LogP contribution >= 0.6 is 0 Å². The number of hydrogen-bond acceptors (Lipinski definition) is 7. The largest absolute Gasteiger partial charge is 0.493 e. The topological polar surface area (TPSA) is 80.9 Å². The van der Waals surface area contributed by atoms with Gasteiger partial charge in [-0.05, 0) is 36.8 Å². The number of fused-ring (bicyclic) bond motifs is 1. The Balaban J connectivity index is 1.45. The number of aliphatic hydroxyl groups excluding tert-OH is 1. The summed E-state index contributed by atoms with van der Waals surface area (Å²) in [6, 6.07) is 4.69. The molecule has 1 saturated carbocycles. The van der Waals surface area contributed by atoms with E-state index in [0.29, 0.717) is 48.1 Å². The Bertz CT molecular complexity index is 866. The van der Waals surface area contributed by atoms with Crippen LogP contribution in [0.1, 0.15) is 39.5 Å². The number of benzene rings is 1. The van der Waals surface area contributed by atoms with Gasteiger partial charge in [-0.25, -0.2) is 4.39 Å². The van der Waals surface area contributed by atoms with Crippen molar-refractivity contribution in [1.82, 2.24) is 10.2 Å². The lowest BCUT2D eigenvalue weighted by atomic mass is 9.78. The molecule has 1 aromatic carbocycles. The van der Waals surface area contributed by atoms with E-state index in [1.165, 1.54) is 19.2 Å². The third-order valence-electron chi connectivity index (χ3n) is 5.82. The van der Waals surface area contributed by atoms with Crippen LogP contribution in [-0.4, -0.2) is 47.7 Å². The quantitative estimate of drug-likeness (QED) is 0.837. The highest BCUT2D eigenvalue weighted by Gasteiger charge is 2.44. The van der Waals surface area contributed by atoms with E-state index in [4.69, 9.17) is 13.9 Å². The predicted molar refractivity (Wildman–Crippen MR) is 105 cm³/mol. The van der Waals surface area contributed by atoms with Crippen molar-refractivity contribution in [3.63, 3.8) is 0 Å². The predicted octanol–water partition coefficient (Wildman–Crippen LogP) is 3.17. The van der Waals surface area contributed by atoms with E-state index in [0.717, 1.165) is 13.1 Å². The number of anilines is 1. The monoisotopic (exact) mass is 405 g/mol. The van der Waals surface area contributed by atoms with Crippen LogP contribution in [0.15, 0.2) is 22.6 Å². The molecular weight excluding hydrogens is 377 g/mol. The number of halogens is 1. The zero-order valence-electron chi connectivity index (χ0n) is 17.3. The third-order valence-corrected chi connectivity index (χ3v) is 5.82. The van der Waals surface area contributed by atoms with Crippen LogP contribution in [0.4, 0.5) is 10.4 Å². The Morgan fingerprint density at radius 1 is 1.14 bits per heavy atom. The summed E-state index contributed by atoms with van der Waals surface area (Å²) in [5.74, 6) is 1.68. The summed E-state index contributed by atoms with van der Waals surface area (Å²) in [4.78, 5) is 2.10. The molecular formula is C21H28FN3O4. The minimum absolute atomic E-state index is 0.193. The van der Waals surface area contributed by atoms with Gasteiger partial charge in [0, 0.05) is 24.6 Å². The molecule has 4 atom stereocenters. The first-order chi connectivity index (χ1) is 13.7. The van der Waals surface area contributed by atoms with Crippen LogP contribution in [-0.2, 0) is 5.41 Å². The van der Waals surface area contributed by atoms with E-state index >= 15 is 0 Å². The van der Waals surface area contributed by atoms with E-state index < -0.39 is 6.10 Å². The number of rotatable bonds is 4. The van der Waals surface area contributed by atoms with Gasteiger partial charge in [0.2, 0.25) is 5.89 Å². The maximum Gasteiger partial charge on any atom is 0.318 e. The molecule has 2 fully saturated rings. The van der Waals surface area contributed by atoms with Crippen molar-refractivity contribution in [2.24, 2.45) is 11.8 Å². The van der Waals surface area contributed by atoms with E-state index in [2.05, 4.69) is 15.1 Å². The van der Waals surface area contributed by atoms with Gasteiger partial charge in [0.05, 0.1) is 13.2 Å². The molecule has 1 aromatic heterocycles. The first-order valence-electron chi connectivity index (χ1n) is 10.0. The van der Waals surface area contributed by atoms with Crippen molar-refractivity contribution in [3.05, 3.63) is 29.9 Å². The molecule has 0 unspecified atom stereocenters. The van der Waals surface area contributed by atoms with Crippen LogP contribution in [0.3, 0.4) is 0 Å². The van der Waals surface area contributed by atoms with Gasteiger partial charge in [-0.3, -0.25) is 0 Å². The smallest absolute Gasteiger partial charge is 0.318 e. The van der Waals surface area contributed by atoms with Gasteiger partial charge in [-0.1, -0.05) is 25.9 Å². The Morgan fingerprint density at radius 2 is 1.86 bits per heavy atom. The molecule has 1 aliphatic heterocycles. The molecule has 4 rings (SSSR count). The first kappa shape index (κ1) is 19.9. The molecule has 2 aromatic rings. The number of hydrogen-bond donors (Lipinski definition) is 1. The van der Waals surface area contributed by atoms with Gasteiger partial charge in [0.1, 0.15) is 11.9 Å². The molecule has 8 heteroatoms. The van der Waals surface area contributed by atoms with Gasteiger partial charge < -0.3 is 23.9 Å². The standard InChI is InChI=1S/C21H28FN3O4/c1-21(2,3)19-23-24-20(29-19)25-10-12-7-15(26)17(8-13(12)11-25)28-16-6-5-14(22)9-18(16)27-4/h5-6,9,12-13,15,17,26H,7-8,10-11H2,1-4H3/t12-,13+,15+,17+/m0/s1. The minimum Gasteiger partial charge on any atom is -0.493 e. The average Bonchev–Trinajstić information content (AvgIpc) is 3.29. The fraction of sp³-hybridized carbons (Fsp3) is 0.619. The molecule has 0 spiro atoms. The number of aromatic nitrogens is 2. The summed E-state index contributed by atoms with van der Waals surface area (Å²) < 4.78 is 30.6. The number of ether oxygens (including phenoxy) is 2. The molecule has 158 valence electrons. The van der Waals surface area contributed by atoms with Crippen LogP contribution in [0, 0.1) is 17.7 Å². The Labute approximate surface area is 169 Å². The fourth-order valence-corrected chi connectivity index (χ4v) is 4.22. The summed E-state index contributed by atoms with van der Waals surface area (Å²) in [5, 5.41) is 19.1. The lowest BCUT2D eigenvalue weighted by molar-refractivity contribution is -0.0240. The second-order valence-corrected chi connectivity index (χ2v) is 9.06. The molecule has 29 heavy (non-hydrogen) atoms. The van der Waals surface area contributed by atoms with E-state index in [1.807, 2.05) is 20.8 Å². The average molecular weight is 405 g/mol. The molecule has 1 aliphatic carbocycles. The van der Waals surface area contributed by atoms with Crippen molar-refractivity contribution in [3.8, 4) is 11.5 Å². The normalized spacial score (nSPS) is 27.0. The van der Waals surface area contributed by atoms with Gasteiger partial charge in [-0.15, -0.1) is 5.10 Å². The van der Waals surface area contributed by atoms with E-state index in [9.17, 15) is 9.50 Å². The van der Waals surface area contributed by atoms with E-state index in [-0.39, 0.29) is 17.3 Å². The molecule has 0 bridgehead atoms. The number of methoxy groups -OCH3 is 1. The highest BCUT2D eigenvalue weighted by molar-refractivity contribution is 5.40. The summed E-state index contributed by atoms with van der Waals surface area (Å²) in [6.45, 7) is 7.67. The second kappa shape index (κ2) is 7.48.